The summed E-state index contributed by atoms with van der Waals surface area (Å²) in [5, 5.41) is 0.422. The Labute approximate surface area is 126 Å². The number of benzene rings is 1. The van der Waals surface area contributed by atoms with Crippen molar-refractivity contribution < 1.29 is 8.42 Å². The number of rotatable bonds is 5. The molecule has 0 heterocycles. The van der Waals surface area contributed by atoms with Crippen molar-refractivity contribution in [1.82, 2.24) is 4.31 Å². The molecule has 1 saturated carbocycles. The van der Waals surface area contributed by atoms with Crippen LogP contribution in [0.15, 0.2) is 17.0 Å². The largest absolute Gasteiger partial charge is 0.397 e. The molecule has 0 amide bonds. The lowest BCUT2D eigenvalue weighted by Gasteiger charge is -2.31. The van der Waals surface area contributed by atoms with Crippen molar-refractivity contribution in [3.63, 3.8) is 0 Å². The number of nitrogen functional groups attached to an aromatic ring is 1. The van der Waals surface area contributed by atoms with Crippen molar-refractivity contribution in [3.8, 4) is 0 Å². The minimum atomic E-state index is -3.49. The first-order chi connectivity index (χ1) is 9.36. The van der Waals surface area contributed by atoms with E-state index in [-0.39, 0.29) is 4.90 Å². The molecule has 4 nitrogen and oxygen atoms in total. The van der Waals surface area contributed by atoms with Gasteiger partial charge < -0.3 is 5.73 Å². The van der Waals surface area contributed by atoms with Gasteiger partial charge in [-0.05, 0) is 43.4 Å². The number of nitrogens with zero attached hydrogens (tertiary/aromatic N) is 1. The molecule has 2 rings (SSSR count). The first-order valence-electron chi connectivity index (χ1n) is 6.92. The number of hydrogen-bond acceptors (Lipinski definition) is 3. The Balaban J connectivity index is 2.32. The number of sulfonamides is 1. The lowest BCUT2D eigenvalue weighted by molar-refractivity contribution is 0.250. The van der Waals surface area contributed by atoms with Crippen LogP contribution in [0.3, 0.4) is 0 Å². The molecule has 2 N–H and O–H groups in total. The Morgan fingerprint density at radius 3 is 2.50 bits per heavy atom. The Bertz CT molecular complexity index is 574. The van der Waals surface area contributed by atoms with Gasteiger partial charge in [0.05, 0.1) is 15.6 Å². The third kappa shape index (κ3) is 2.95. The van der Waals surface area contributed by atoms with E-state index in [2.05, 4.69) is 0 Å². The smallest absolute Gasteiger partial charge is 0.243 e. The molecule has 6 heteroatoms. The van der Waals surface area contributed by atoms with E-state index in [0.717, 1.165) is 12.8 Å². The van der Waals surface area contributed by atoms with Gasteiger partial charge in [-0.15, -0.1) is 0 Å². The van der Waals surface area contributed by atoms with Crippen molar-refractivity contribution in [2.24, 2.45) is 5.92 Å². The number of aryl methyl sites for hydroxylation is 1. The summed E-state index contributed by atoms with van der Waals surface area (Å²) in [4.78, 5) is 0.234. The highest BCUT2D eigenvalue weighted by Gasteiger charge is 2.29. The maximum Gasteiger partial charge on any atom is 0.243 e. The summed E-state index contributed by atoms with van der Waals surface area (Å²) in [6, 6.07) is 3.05. The highest BCUT2D eigenvalue weighted by atomic mass is 35.5. The summed E-state index contributed by atoms with van der Waals surface area (Å²) in [5.74, 6) is 0.496. The SMILES string of the molecule is CCN(CC1CCC1)S(=O)(=O)c1cc(C)c(Cl)c(N)c1. The average molecular weight is 317 g/mol. The van der Waals surface area contributed by atoms with Gasteiger partial charge in [0, 0.05) is 13.1 Å². The predicted octanol–water partition coefficient (Wildman–Crippen LogP) is 3.04. The maximum atomic E-state index is 12.7. The van der Waals surface area contributed by atoms with E-state index < -0.39 is 10.0 Å². The van der Waals surface area contributed by atoms with E-state index in [4.69, 9.17) is 17.3 Å². The minimum absolute atomic E-state index is 0.234. The van der Waals surface area contributed by atoms with Crippen molar-refractivity contribution in [1.29, 1.82) is 0 Å². The average Bonchev–Trinajstić information content (AvgIpc) is 2.33. The van der Waals surface area contributed by atoms with Crippen LogP contribution >= 0.6 is 11.6 Å². The first kappa shape index (κ1) is 15.6. The first-order valence-corrected chi connectivity index (χ1v) is 8.73. The van der Waals surface area contributed by atoms with Gasteiger partial charge >= 0.3 is 0 Å². The van der Waals surface area contributed by atoms with Crippen LogP contribution in [0, 0.1) is 12.8 Å². The minimum Gasteiger partial charge on any atom is -0.397 e. The Hall–Kier alpha value is -0.780. The molecule has 20 heavy (non-hydrogen) atoms. The molecule has 1 fully saturated rings. The van der Waals surface area contributed by atoms with Crippen molar-refractivity contribution in [3.05, 3.63) is 22.7 Å². The molecule has 0 unspecified atom stereocenters. The Morgan fingerprint density at radius 2 is 2.05 bits per heavy atom. The summed E-state index contributed by atoms with van der Waals surface area (Å²) in [6.45, 7) is 4.70. The van der Waals surface area contributed by atoms with E-state index in [9.17, 15) is 8.42 Å². The van der Waals surface area contributed by atoms with Crippen LogP contribution in [0.25, 0.3) is 0 Å². The van der Waals surface area contributed by atoms with Crippen LogP contribution in [0.4, 0.5) is 5.69 Å². The molecule has 0 aliphatic heterocycles. The zero-order chi connectivity index (χ0) is 14.9. The number of anilines is 1. The van der Waals surface area contributed by atoms with Gasteiger partial charge in [-0.2, -0.15) is 4.31 Å². The van der Waals surface area contributed by atoms with E-state index >= 15 is 0 Å². The van der Waals surface area contributed by atoms with Crippen LogP contribution < -0.4 is 5.73 Å². The second kappa shape index (κ2) is 5.92. The Kier molecular flexibility index (Phi) is 4.62. The van der Waals surface area contributed by atoms with Gasteiger partial charge in [0.25, 0.3) is 0 Å². The molecule has 0 aromatic heterocycles. The van der Waals surface area contributed by atoms with Gasteiger partial charge in [-0.3, -0.25) is 0 Å². The van der Waals surface area contributed by atoms with Gasteiger partial charge in [0.1, 0.15) is 0 Å². The third-order valence-electron chi connectivity index (χ3n) is 3.93. The summed E-state index contributed by atoms with van der Waals surface area (Å²) in [7, 11) is -3.49. The van der Waals surface area contributed by atoms with Crippen LogP contribution in [0.2, 0.25) is 5.02 Å². The second-order valence-electron chi connectivity index (χ2n) is 5.40. The molecular weight excluding hydrogens is 296 g/mol. The molecular formula is C14H21ClN2O2S. The normalized spacial score (nSPS) is 16.4. The number of nitrogens with two attached hydrogens (primary N) is 1. The summed E-state index contributed by atoms with van der Waals surface area (Å²) < 4.78 is 26.9. The molecule has 0 atom stereocenters. The Morgan fingerprint density at radius 1 is 1.40 bits per heavy atom. The summed E-state index contributed by atoms with van der Waals surface area (Å²) >= 11 is 6.00. The summed E-state index contributed by atoms with van der Waals surface area (Å²) in [6.07, 6.45) is 3.44. The van der Waals surface area contributed by atoms with Crippen LogP contribution in [-0.2, 0) is 10.0 Å². The fraction of sp³-hybridized carbons (Fsp3) is 0.571. The topological polar surface area (TPSA) is 63.4 Å². The lowest BCUT2D eigenvalue weighted by atomic mass is 9.85. The van der Waals surface area contributed by atoms with E-state index in [0.29, 0.717) is 35.3 Å². The monoisotopic (exact) mass is 316 g/mol. The second-order valence-corrected chi connectivity index (χ2v) is 7.71. The molecule has 112 valence electrons. The number of hydrogen-bond donors (Lipinski definition) is 1. The lowest BCUT2D eigenvalue weighted by Crippen LogP contribution is -2.37. The van der Waals surface area contributed by atoms with Crippen LogP contribution in [-0.4, -0.2) is 25.8 Å². The van der Waals surface area contributed by atoms with Gasteiger partial charge in [0.2, 0.25) is 10.0 Å². The molecule has 1 aromatic carbocycles. The molecule has 1 aromatic rings. The highest BCUT2D eigenvalue weighted by molar-refractivity contribution is 7.89. The van der Waals surface area contributed by atoms with Gasteiger partial charge in [-0.25, -0.2) is 8.42 Å². The highest BCUT2D eigenvalue weighted by Crippen LogP contribution is 2.31. The molecule has 1 aliphatic carbocycles. The zero-order valence-corrected chi connectivity index (χ0v) is 13.5. The fourth-order valence-electron chi connectivity index (χ4n) is 2.42. The van der Waals surface area contributed by atoms with Gasteiger partial charge in [-0.1, -0.05) is 24.9 Å². The molecule has 0 saturated heterocycles. The third-order valence-corrected chi connectivity index (χ3v) is 6.37. The van der Waals surface area contributed by atoms with Gasteiger partial charge in [0.15, 0.2) is 0 Å². The van der Waals surface area contributed by atoms with E-state index in [1.807, 2.05) is 6.92 Å². The maximum absolute atomic E-state index is 12.7. The molecule has 1 aliphatic rings. The predicted molar refractivity (Wildman–Crippen MR) is 82.4 cm³/mol. The molecule has 0 spiro atoms. The van der Waals surface area contributed by atoms with Crippen molar-refractivity contribution in [2.75, 3.05) is 18.8 Å². The standard InChI is InChI=1S/C14H21ClN2O2S/c1-3-17(9-11-5-4-6-11)20(18,19)12-7-10(2)14(15)13(16)8-12/h7-8,11H,3-6,9,16H2,1-2H3. The molecule has 0 bridgehead atoms. The van der Waals surface area contributed by atoms with E-state index in [1.165, 1.54) is 12.5 Å². The summed E-state index contributed by atoms with van der Waals surface area (Å²) in [5.41, 5.74) is 6.78. The van der Waals surface area contributed by atoms with Crippen molar-refractivity contribution in [2.45, 2.75) is 38.0 Å². The van der Waals surface area contributed by atoms with Crippen LogP contribution in [0.5, 0.6) is 0 Å². The zero-order valence-electron chi connectivity index (χ0n) is 11.9. The van der Waals surface area contributed by atoms with E-state index in [1.54, 1.807) is 17.3 Å². The number of halogens is 1. The van der Waals surface area contributed by atoms with Crippen molar-refractivity contribution >= 4 is 27.3 Å². The quantitative estimate of drug-likeness (QED) is 0.849. The van der Waals surface area contributed by atoms with Crippen LogP contribution in [0.1, 0.15) is 31.7 Å². The fourth-order valence-corrected chi connectivity index (χ4v) is 4.18. The molecule has 0 radical (unpaired) electrons.